The van der Waals surface area contributed by atoms with Gasteiger partial charge in [0.15, 0.2) is 0 Å². The Morgan fingerprint density at radius 1 is 1.28 bits per heavy atom. The van der Waals surface area contributed by atoms with Crippen LogP contribution in [0, 0.1) is 11.3 Å². The molecule has 1 aromatic rings. The summed E-state index contributed by atoms with van der Waals surface area (Å²) in [6.07, 6.45) is 0. The van der Waals surface area contributed by atoms with Gasteiger partial charge in [0.05, 0.1) is 18.2 Å². The zero-order valence-corrected chi connectivity index (χ0v) is 10.9. The minimum Gasteiger partial charge on any atom is -0.342 e. The maximum atomic E-state index is 11.7. The van der Waals surface area contributed by atoms with Crippen LogP contribution in [-0.4, -0.2) is 30.4 Å². The van der Waals surface area contributed by atoms with Crippen LogP contribution in [0.3, 0.4) is 0 Å². The van der Waals surface area contributed by atoms with E-state index in [-0.39, 0.29) is 5.91 Å². The minimum absolute atomic E-state index is 0.119. The van der Waals surface area contributed by atoms with Gasteiger partial charge in [-0.15, -0.1) is 0 Å². The zero-order chi connectivity index (χ0) is 13.4. The normalized spacial score (nSPS) is 9.83. The van der Waals surface area contributed by atoms with Crippen molar-refractivity contribution in [2.45, 2.75) is 20.4 Å². The second-order valence-electron chi connectivity index (χ2n) is 3.98. The lowest BCUT2D eigenvalue weighted by Crippen LogP contribution is -2.37. The summed E-state index contributed by atoms with van der Waals surface area (Å²) < 4.78 is 0. The lowest BCUT2D eigenvalue weighted by atomic mass is 10.1. The summed E-state index contributed by atoms with van der Waals surface area (Å²) in [7, 11) is 0. The Morgan fingerprint density at radius 3 is 2.39 bits per heavy atom. The van der Waals surface area contributed by atoms with Gasteiger partial charge in [-0.3, -0.25) is 4.79 Å². The van der Waals surface area contributed by atoms with Crippen molar-refractivity contribution < 1.29 is 4.79 Å². The molecule has 0 fully saturated rings. The summed E-state index contributed by atoms with van der Waals surface area (Å²) in [6, 6.07) is 9.43. The van der Waals surface area contributed by atoms with Crippen molar-refractivity contribution in [1.82, 2.24) is 10.2 Å². The van der Waals surface area contributed by atoms with Crippen LogP contribution in [-0.2, 0) is 11.3 Å². The van der Waals surface area contributed by atoms with Crippen molar-refractivity contribution in [3.05, 3.63) is 35.4 Å². The first-order valence-electron chi connectivity index (χ1n) is 6.18. The molecule has 0 unspecified atom stereocenters. The number of rotatable bonds is 6. The van der Waals surface area contributed by atoms with E-state index in [4.69, 9.17) is 5.26 Å². The molecule has 18 heavy (non-hydrogen) atoms. The highest BCUT2D eigenvalue weighted by Crippen LogP contribution is 2.02. The van der Waals surface area contributed by atoms with Gasteiger partial charge in [0.1, 0.15) is 0 Å². The lowest BCUT2D eigenvalue weighted by molar-refractivity contribution is -0.129. The van der Waals surface area contributed by atoms with E-state index < -0.39 is 0 Å². The predicted molar refractivity (Wildman–Crippen MR) is 70.8 cm³/mol. The summed E-state index contributed by atoms with van der Waals surface area (Å²) in [5.74, 6) is 0.119. The molecule has 1 aromatic carbocycles. The third kappa shape index (κ3) is 4.19. The first-order valence-corrected chi connectivity index (χ1v) is 6.18. The van der Waals surface area contributed by atoms with E-state index in [2.05, 4.69) is 11.4 Å². The fraction of sp³-hybridized carbons (Fsp3) is 0.429. The predicted octanol–water partition coefficient (Wildman–Crippen LogP) is 1.52. The third-order valence-electron chi connectivity index (χ3n) is 2.80. The number of hydrogen-bond acceptors (Lipinski definition) is 3. The Bertz CT molecular complexity index is 416. The molecular weight excluding hydrogens is 226 g/mol. The SMILES string of the molecule is CCN(CC)C(=O)CNCc1ccc(C#N)cc1. The number of nitrogens with zero attached hydrogens (tertiary/aromatic N) is 2. The van der Waals surface area contributed by atoms with Crippen molar-refractivity contribution in [2.75, 3.05) is 19.6 Å². The lowest BCUT2D eigenvalue weighted by Gasteiger charge is -2.18. The summed E-state index contributed by atoms with van der Waals surface area (Å²) >= 11 is 0. The fourth-order valence-corrected chi connectivity index (χ4v) is 1.70. The van der Waals surface area contributed by atoms with Crippen molar-refractivity contribution >= 4 is 5.91 Å². The number of benzene rings is 1. The molecule has 1 amide bonds. The fourth-order valence-electron chi connectivity index (χ4n) is 1.70. The summed E-state index contributed by atoms with van der Waals surface area (Å²) in [4.78, 5) is 13.5. The number of hydrogen-bond donors (Lipinski definition) is 1. The first kappa shape index (κ1) is 14.2. The van der Waals surface area contributed by atoms with Crippen LogP contribution in [0.4, 0.5) is 0 Å². The van der Waals surface area contributed by atoms with Gasteiger partial charge in [-0.25, -0.2) is 0 Å². The number of likely N-dealkylation sites (N-methyl/N-ethyl adjacent to an activating group) is 1. The monoisotopic (exact) mass is 245 g/mol. The molecule has 4 heteroatoms. The molecule has 0 aliphatic rings. The van der Waals surface area contributed by atoms with E-state index in [1.54, 1.807) is 17.0 Å². The maximum Gasteiger partial charge on any atom is 0.236 e. The van der Waals surface area contributed by atoms with Crippen molar-refractivity contribution in [3.8, 4) is 6.07 Å². The van der Waals surface area contributed by atoms with E-state index in [1.165, 1.54) is 0 Å². The molecule has 0 spiro atoms. The van der Waals surface area contributed by atoms with E-state index in [1.807, 2.05) is 26.0 Å². The van der Waals surface area contributed by atoms with Crippen LogP contribution in [0.2, 0.25) is 0 Å². The molecule has 1 rings (SSSR count). The number of nitrogens with one attached hydrogen (secondary N) is 1. The van der Waals surface area contributed by atoms with Gasteiger partial charge in [0, 0.05) is 19.6 Å². The zero-order valence-electron chi connectivity index (χ0n) is 10.9. The van der Waals surface area contributed by atoms with Gasteiger partial charge >= 0.3 is 0 Å². The molecule has 4 nitrogen and oxygen atoms in total. The van der Waals surface area contributed by atoms with Gasteiger partial charge in [0.25, 0.3) is 0 Å². The quantitative estimate of drug-likeness (QED) is 0.826. The molecule has 0 saturated heterocycles. The number of amides is 1. The average molecular weight is 245 g/mol. The first-order chi connectivity index (χ1) is 8.71. The summed E-state index contributed by atoms with van der Waals surface area (Å²) in [5, 5.41) is 11.8. The van der Waals surface area contributed by atoms with Crippen LogP contribution < -0.4 is 5.32 Å². The van der Waals surface area contributed by atoms with Gasteiger partial charge in [-0.2, -0.15) is 5.26 Å². The molecule has 1 N–H and O–H groups in total. The number of carbonyl (C=O) groups is 1. The minimum atomic E-state index is 0.119. The second kappa shape index (κ2) is 7.46. The van der Waals surface area contributed by atoms with Gasteiger partial charge in [-0.1, -0.05) is 12.1 Å². The molecule has 0 radical (unpaired) electrons. The average Bonchev–Trinajstić information content (AvgIpc) is 2.41. The molecule has 0 aromatic heterocycles. The van der Waals surface area contributed by atoms with Crippen molar-refractivity contribution in [3.63, 3.8) is 0 Å². The highest BCUT2D eigenvalue weighted by atomic mass is 16.2. The van der Waals surface area contributed by atoms with Gasteiger partial charge in [0.2, 0.25) is 5.91 Å². The molecule has 0 heterocycles. The van der Waals surface area contributed by atoms with Crippen LogP contribution in [0.25, 0.3) is 0 Å². The van der Waals surface area contributed by atoms with Gasteiger partial charge in [-0.05, 0) is 31.5 Å². The van der Waals surface area contributed by atoms with E-state index in [9.17, 15) is 4.79 Å². The Morgan fingerprint density at radius 2 is 1.89 bits per heavy atom. The largest absolute Gasteiger partial charge is 0.342 e. The molecule has 0 aliphatic carbocycles. The Labute approximate surface area is 108 Å². The number of carbonyl (C=O) groups excluding carboxylic acids is 1. The molecular formula is C14H19N3O. The van der Waals surface area contributed by atoms with Crippen LogP contribution in [0.15, 0.2) is 24.3 Å². The molecule has 0 atom stereocenters. The highest BCUT2D eigenvalue weighted by Gasteiger charge is 2.07. The van der Waals surface area contributed by atoms with E-state index in [0.717, 1.165) is 18.7 Å². The molecule has 0 saturated carbocycles. The van der Waals surface area contributed by atoms with Crippen LogP contribution in [0.5, 0.6) is 0 Å². The molecule has 0 aliphatic heterocycles. The molecule has 96 valence electrons. The standard InChI is InChI=1S/C14H19N3O/c1-3-17(4-2)14(18)11-16-10-13-7-5-12(9-15)6-8-13/h5-8,16H,3-4,10-11H2,1-2H3. The topological polar surface area (TPSA) is 56.1 Å². The third-order valence-corrected chi connectivity index (χ3v) is 2.80. The van der Waals surface area contributed by atoms with Crippen LogP contribution in [0.1, 0.15) is 25.0 Å². The second-order valence-corrected chi connectivity index (χ2v) is 3.98. The van der Waals surface area contributed by atoms with E-state index in [0.29, 0.717) is 18.7 Å². The highest BCUT2D eigenvalue weighted by molar-refractivity contribution is 5.78. The Hall–Kier alpha value is -1.86. The van der Waals surface area contributed by atoms with Gasteiger partial charge < -0.3 is 10.2 Å². The molecule has 0 bridgehead atoms. The number of nitriles is 1. The Kier molecular flexibility index (Phi) is 5.89. The Balaban J connectivity index is 2.37. The van der Waals surface area contributed by atoms with Crippen molar-refractivity contribution in [1.29, 1.82) is 5.26 Å². The summed E-state index contributed by atoms with van der Waals surface area (Å²) in [5.41, 5.74) is 1.72. The van der Waals surface area contributed by atoms with Crippen LogP contribution >= 0.6 is 0 Å². The maximum absolute atomic E-state index is 11.7. The van der Waals surface area contributed by atoms with Crippen molar-refractivity contribution in [2.24, 2.45) is 0 Å². The summed E-state index contributed by atoms with van der Waals surface area (Å²) in [6.45, 7) is 6.42. The smallest absolute Gasteiger partial charge is 0.236 e. The van der Waals surface area contributed by atoms with E-state index >= 15 is 0 Å².